The number of halogens is 1. The van der Waals surface area contributed by atoms with Crippen molar-refractivity contribution in [1.82, 2.24) is 5.32 Å². The summed E-state index contributed by atoms with van der Waals surface area (Å²) in [5.74, 6) is 0.0530. The van der Waals surface area contributed by atoms with Crippen molar-refractivity contribution in [3.05, 3.63) is 27.3 Å². The third-order valence-electron chi connectivity index (χ3n) is 3.06. The summed E-state index contributed by atoms with van der Waals surface area (Å²) in [6.45, 7) is 5.16. The lowest BCUT2D eigenvalue weighted by atomic mass is 10.1. The number of benzene rings is 1. The highest BCUT2D eigenvalue weighted by Crippen LogP contribution is 2.23. The number of hydrogen-bond acceptors (Lipinski definition) is 7. The van der Waals surface area contributed by atoms with Gasteiger partial charge in [-0.3, -0.25) is 0 Å². The zero-order valence-electron chi connectivity index (χ0n) is 16.2. The van der Waals surface area contributed by atoms with E-state index in [-0.39, 0.29) is 20.0 Å². The van der Waals surface area contributed by atoms with Crippen LogP contribution in [0.1, 0.15) is 26.3 Å². The SMILES string of the molecule is COCOC(=O)C(Cc1ccc(OCOC)c(I)c1)NC(=O)OC(C)(C)C. The third kappa shape index (κ3) is 9.25. The van der Waals surface area contributed by atoms with Gasteiger partial charge in [-0.15, -0.1) is 0 Å². The molecule has 1 rings (SSSR count). The fraction of sp³-hybridized carbons (Fsp3) is 0.556. The molecular formula is C18H26INO7. The molecule has 9 heteroatoms. The van der Waals surface area contributed by atoms with Crippen molar-refractivity contribution in [2.45, 2.75) is 38.8 Å². The van der Waals surface area contributed by atoms with Crippen LogP contribution in [-0.4, -0.2) is 51.5 Å². The lowest BCUT2D eigenvalue weighted by Crippen LogP contribution is -2.45. The van der Waals surface area contributed by atoms with E-state index < -0.39 is 23.7 Å². The molecule has 1 amide bonds. The lowest BCUT2D eigenvalue weighted by Gasteiger charge is -2.23. The summed E-state index contributed by atoms with van der Waals surface area (Å²) in [5.41, 5.74) is 0.139. The van der Waals surface area contributed by atoms with E-state index in [0.717, 1.165) is 9.13 Å². The molecule has 0 aliphatic heterocycles. The molecule has 1 N–H and O–H groups in total. The second kappa shape index (κ2) is 11.3. The van der Waals surface area contributed by atoms with Crippen LogP contribution in [0.5, 0.6) is 5.75 Å². The first kappa shape index (κ1) is 23.4. The minimum absolute atomic E-state index is 0.140. The van der Waals surface area contributed by atoms with E-state index in [4.69, 9.17) is 23.7 Å². The monoisotopic (exact) mass is 495 g/mol. The molecule has 0 bridgehead atoms. The molecule has 0 radical (unpaired) electrons. The number of alkyl carbamates (subject to hydrolysis) is 1. The second-order valence-electron chi connectivity index (χ2n) is 6.59. The fourth-order valence-electron chi connectivity index (χ4n) is 2.01. The molecule has 0 saturated heterocycles. The Morgan fingerprint density at radius 3 is 2.37 bits per heavy atom. The van der Waals surface area contributed by atoms with Gasteiger partial charge >= 0.3 is 12.1 Å². The molecule has 1 atom stereocenters. The van der Waals surface area contributed by atoms with Crippen LogP contribution in [0.2, 0.25) is 0 Å². The van der Waals surface area contributed by atoms with Gasteiger partial charge in [0.2, 0.25) is 0 Å². The van der Waals surface area contributed by atoms with Gasteiger partial charge in [-0.1, -0.05) is 6.07 Å². The van der Waals surface area contributed by atoms with Crippen LogP contribution in [0, 0.1) is 3.57 Å². The highest BCUT2D eigenvalue weighted by molar-refractivity contribution is 14.1. The van der Waals surface area contributed by atoms with Crippen molar-refractivity contribution in [2.75, 3.05) is 27.8 Å². The molecule has 0 aromatic heterocycles. The van der Waals surface area contributed by atoms with Crippen LogP contribution in [-0.2, 0) is 30.2 Å². The molecule has 27 heavy (non-hydrogen) atoms. The number of methoxy groups -OCH3 is 2. The first-order chi connectivity index (χ1) is 12.7. The predicted molar refractivity (Wildman–Crippen MR) is 106 cm³/mol. The van der Waals surface area contributed by atoms with Gasteiger partial charge < -0.3 is 29.0 Å². The molecule has 0 aliphatic carbocycles. The van der Waals surface area contributed by atoms with Crippen LogP contribution < -0.4 is 10.1 Å². The maximum Gasteiger partial charge on any atom is 0.408 e. The lowest BCUT2D eigenvalue weighted by molar-refractivity contribution is -0.156. The number of hydrogen-bond donors (Lipinski definition) is 1. The Morgan fingerprint density at radius 1 is 1.15 bits per heavy atom. The average Bonchev–Trinajstić information content (AvgIpc) is 2.56. The van der Waals surface area contributed by atoms with Crippen LogP contribution >= 0.6 is 22.6 Å². The van der Waals surface area contributed by atoms with Gasteiger partial charge in [-0.05, 0) is 61.1 Å². The molecule has 0 fully saturated rings. The summed E-state index contributed by atoms with van der Waals surface area (Å²) in [7, 11) is 2.95. The molecule has 1 aromatic rings. The number of carbonyl (C=O) groups excluding carboxylic acids is 2. The molecule has 1 unspecified atom stereocenters. The van der Waals surface area contributed by atoms with Crippen molar-refractivity contribution < 1.29 is 33.3 Å². The Hall–Kier alpha value is -1.59. The first-order valence-electron chi connectivity index (χ1n) is 8.21. The summed E-state index contributed by atoms with van der Waals surface area (Å²) in [4.78, 5) is 24.4. The molecule has 8 nitrogen and oxygen atoms in total. The maximum absolute atomic E-state index is 12.3. The van der Waals surface area contributed by atoms with E-state index in [1.54, 1.807) is 40.0 Å². The van der Waals surface area contributed by atoms with Crippen LogP contribution in [0.4, 0.5) is 4.79 Å². The Balaban J connectivity index is 2.88. The highest BCUT2D eigenvalue weighted by Gasteiger charge is 2.26. The summed E-state index contributed by atoms with van der Waals surface area (Å²) in [5, 5.41) is 2.55. The normalized spacial score (nSPS) is 12.2. The van der Waals surface area contributed by atoms with Crippen molar-refractivity contribution in [2.24, 2.45) is 0 Å². The number of rotatable bonds is 9. The number of carbonyl (C=O) groups is 2. The van der Waals surface area contributed by atoms with Crippen LogP contribution in [0.3, 0.4) is 0 Å². The Kier molecular flexibility index (Phi) is 9.81. The smallest absolute Gasteiger partial charge is 0.408 e. The van der Waals surface area contributed by atoms with Crippen molar-refractivity contribution in [3.63, 3.8) is 0 Å². The van der Waals surface area contributed by atoms with Crippen molar-refractivity contribution >= 4 is 34.7 Å². The van der Waals surface area contributed by atoms with E-state index >= 15 is 0 Å². The fourth-order valence-corrected chi connectivity index (χ4v) is 2.74. The predicted octanol–water partition coefficient (Wildman–Crippen LogP) is 2.86. The largest absolute Gasteiger partial charge is 0.466 e. The van der Waals surface area contributed by atoms with Gasteiger partial charge in [0.15, 0.2) is 13.6 Å². The Bertz CT molecular complexity index is 631. The Morgan fingerprint density at radius 2 is 1.81 bits per heavy atom. The second-order valence-corrected chi connectivity index (χ2v) is 7.75. The van der Waals surface area contributed by atoms with Crippen LogP contribution in [0.25, 0.3) is 0 Å². The van der Waals surface area contributed by atoms with Crippen molar-refractivity contribution in [1.29, 1.82) is 0 Å². The minimum atomic E-state index is -0.920. The maximum atomic E-state index is 12.3. The van der Waals surface area contributed by atoms with Gasteiger partial charge in [0.25, 0.3) is 0 Å². The molecule has 0 saturated carbocycles. The van der Waals surface area contributed by atoms with E-state index in [2.05, 4.69) is 27.9 Å². The average molecular weight is 495 g/mol. The van der Waals surface area contributed by atoms with Gasteiger partial charge in [-0.2, -0.15) is 0 Å². The number of nitrogens with one attached hydrogen (secondary N) is 1. The van der Waals surface area contributed by atoms with E-state index in [1.807, 2.05) is 6.07 Å². The summed E-state index contributed by atoms with van der Waals surface area (Å²) >= 11 is 2.13. The van der Waals surface area contributed by atoms with E-state index in [9.17, 15) is 9.59 Å². The molecule has 1 aromatic carbocycles. The number of esters is 1. The third-order valence-corrected chi connectivity index (χ3v) is 3.91. The van der Waals surface area contributed by atoms with Gasteiger partial charge in [-0.25, -0.2) is 9.59 Å². The van der Waals surface area contributed by atoms with Gasteiger partial charge in [0.1, 0.15) is 17.4 Å². The van der Waals surface area contributed by atoms with Crippen LogP contribution in [0.15, 0.2) is 18.2 Å². The standard InChI is InChI=1S/C18H26INO7/c1-18(2,3)27-17(22)20-14(16(21)26-11-24-5)9-12-6-7-15(13(19)8-12)25-10-23-4/h6-8,14H,9-11H2,1-5H3,(H,20,22). The van der Waals surface area contributed by atoms with Crippen molar-refractivity contribution in [3.8, 4) is 5.75 Å². The molecule has 0 aliphatic rings. The summed E-state index contributed by atoms with van der Waals surface area (Å²) in [6.07, 6.45) is -0.473. The van der Waals surface area contributed by atoms with Gasteiger partial charge in [0.05, 0.1) is 3.57 Å². The molecule has 152 valence electrons. The van der Waals surface area contributed by atoms with Gasteiger partial charge in [0, 0.05) is 20.6 Å². The minimum Gasteiger partial charge on any atom is -0.466 e. The van der Waals surface area contributed by atoms with E-state index in [0.29, 0.717) is 5.75 Å². The molecule has 0 spiro atoms. The highest BCUT2D eigenvalue weighted by atomic mass is 127. The molecular weight excluding hydrogens is 469 g/mol. The zero-order valence-corrected chi connectivity index (χ0v) is 18.3. The Labute approximate surface area is 173 Å². The zero-order chi connectivity index (χ0) is 20.4. The summed E-state index contributed by atoms with van der Waals surface area (Å²) < 4.78 is 26.1. The quantitative estimate of drug-likeness (QED) is 0.320. The number of amides is 1. The first-order valence-corrected chi connectivity index (χ1v) is 9.29. The van der Waals surface area contributed by atoms with E-state index in [1.165, 1.54) is 7.11 Å². The number of ether oxygens (including phenoxy) is 5. The topological polar surface area (TPSA) is 92.3 Å². The molecule has 0 heterocycles. The summed E-state index contributed by atoms with van der Waals surface area (Å²) in [6, 6.07) is 4.53.